The highest BCUT2D eigenvalue weighted by atomic mass is 32.2. The van der Waals surface area contributed by atoms with Crippen LogP contribution in [-0.2, 0) is 14.8 Å². The first-order chi connectivity index (χ1) is 9.78. The zero-order chi connectivity index (χ0) is 15.3. The van der Waals surface area contributed by atoms with Crippen LogP contribution < -0.4 is 0 Å². The quantitative estimate of drug-likeness (QED) is 0.813. The molecular weight excluding hydrogens is 290 g/mol. The Kier molecular flexibility index (Phi) is 3.81. The lowest BCUT2D eigenvalue weighted by atomic mass is 9.49. The van der Waals surface area contributed by atoms with Gasteiger partial charge in [0, 0.05) is 13.6 Å². The molecule has 0 aliphatic heterocycles. The van der Waals surface area contributed by atoms with Gasteiger partial charge in [-0.25, -0.2) is 12.7 Å². The molecule has 0 amide bonds. The molecule has 0 spiro atoms. The second-order valence-corrected chi connectivity index (χ2v) is 9.83. The number of hydrogen-bond donors (Lipinski definition) is 1. The number of carboxylic acid groups (broad SMARTS) is 1. The fourth-order valence-corrected chi connectivity index (χ4v) is 6.64. The van der Waals surface area contributed by atoms with Crippen LogP contribution in [0.4, 0.5) is 0 Å². The molecule has 4 fully saturated rings. The lowest BCUT2D eigenvalue weighted by Crippen LogP contribution is -2.51. The Hall–Kier alpha value is -0.620. The van der Waals surface area contributed by atoms with Crippen LogP contribution >= 0.6 is 0 Å². The third kappa shape index (κ3) is 3.11. The van der Waals surface area contributed by atoms with Crippen molar-refractivity contribution in [3.8, 4) is 0 Å². The molecule has 4 aliphatic rings. The van der Waals surface area contributed by atoms with E-state index in [0.29, 0.717) is 6.54 Å². The topological polar surface area (TPSA) is 74.7 Å². The Bertz CT molecular complexity index is 493. The van der Waals surface area contributed by atoms with Crippen molar-refractivity contribution in [2.75, 3.05) is 19.3 Å². The molecule has 6 heteroatoms. The van der Waals surface area contributed by atoms with Crippen molar-refractivity contribution < 1.29 is 18.3 Å². The van der Waals surface area contributed by atoms with Gasteiger partial charge in [-0.1, -0.05) is 0 Å². The smallest absolute Gasteiger partial charge is 0.304 e. The fourth-order valence-electron chi connectivity index (χ4n) is 5.43. The van der Waals surface area contributed by atoms with Crippen LogP contribution in [0.1, 0.15) is 44.9 Å². The summed E-state index contributed by atoms with van der Waals surface area (Å²) < 4.78 is 25.9. The van der Waals surface area contributed by atoms with Crippen molar-refractivity contribution in [2.24, 2.45) is 23.2 Å². The van der Waals surface area contributed by atoms with E-state index in [4.69, 9.17) is 5.11 Å². The Balaban J connectivity index is 1.67. The number of carbonyl (C=O) groups is 1. The third-order valence-electron chi connectivity index (χ3n) is 5.77. The second-order valence-electron chi connectivity index (χ2n) is 7.63. The second kappa shape index (κ2) is 5.23. The molecule has 4 saturated carbocycles. The molecule has 1 N–H and O–H groups in total. The average Bonchev–Trinajstić information content (AvgIpc) is 2.34. The van der Waals surface area contributed by atoms with Gasteiger partial charge in [0.25, 0.3) is 0 Å². The highest BCUT2D eigenvalue weighted by Crippen LogP contribution is 2.60. The van der Waals surface area contributed by atoms with Gasteiger partial charge in [0.2, 0.25) is 10.0 Å². The molecule has 4 aliphatic carbocycles. The Labute approximate surface area is 126 Å². The summed E-state index contributed by atoms with van der Waals surface area (Å²) in [5, 5.41) is 8.68. The van der Waals surface area contributed by atoms with E-state index < -0.39 is 16.0 Å². The van der Waals surface area contributed by atoms with Crippen LogP contribution in [0.2, 0.25) is 0 Å². The predicted molar refractivity (Wildman–Crippen MR) is 79.3 cm³/mol. The molecule has 21 heavy (non-hydrogen) atoms. The molecular formula is C15H25NO4S. The summed E-state index contributed by atoms with van der Waals surface area (Å²) in [7, 11) is -1.83. The lowest BCUT2D eigenvalue weighted by Gasteiger charge is -2.57. The zero-order valence-electron chi connectivity index (χ0n) is 12.6. The number of carboxylic acids is 1. The van der Waals surface area contributed by atoms with E-state index in [2.05, 4.69) is 0 Å². The average molecular weight is 315 g/mol. The first-order valence-electron chi connectivity index (χ1n) is 7.94. The first kappa shape index (κ1) is 15.3. The van der Waals surface area contributed by atoms with Crippen molar-refractivity contribution in [2.45, 2.75) is 44.9 Å². The summed E-state index contributed by atoms with van der Waals surface area (Å²) >= 11 is 0. The van der Waals surface area contributed by atoms with Crippen LogP contribution in [0, 0.1) is 23.2 Å². The Morgan fingerprint density at radius 2 is 1.62 bits per heavy atom. The van der Waals surface area contributed by atoms with Gasteiger partial charge >= 0.3 is 5.97 Å². The van der Waals surface area contributed by atoms with Crippen molar-refractivity contribution in [1.29, 1.82) is 0 Å². The molecule has 0 aromatic heterocycles. The summed E-state index contributed by atoms with van der Waals surface area (Å²) in [5.74, 6) is 1.05. The van der Waals surface area contributed by atoms with Gasteiger partial charge in [-0.15, -0.1) is 0 Å². The molecule has 0 aromatic rings. The van der Waals surface area contributed by atoms with Gasteiger partial charge in [0.1, 0.15) is 0 Å². The van der Waals surface area contributed by atoms with Gasteiger partial charge in [0.15, 0.2) is 0 Å². The van der Waals surface area contributed by atoms with Gasteiger partial charge in [-0.2, -0.15) is 0 Å². The summed E-state index contributed by atoms with van der Waals surface area (Å²) in [6.45, 7) is 0.582. The van der Waals surface area contributed by atoms with E-state index in [1.165, 1.54) is 42.8 Å². The first-order valence-corrected chi connectivity index (χ1v) is 9.55. The molecule has 5 nitrogen and oxygen atoms in total. The minimum Gasteiger partial charge on any atom is -0.481 e. The summed E-state index contributed by atoms with van der Waals surface area (Å²) in [6.07, 6.45) is 7.21. The number of aliphatic carboxylic acids is 1. The van der Waals surface area contributed by atoms with E-state index in [0.717, 1.165) is 17.8 Å². The number of rotatable bonds is 6. The van der Waals surface area contributed by atoms with Crippen molar-refractivity contribution in [1.82, 2.24) is 4.31 Å². The van der Waals surface area contributed by atoms with Crippen LogP contribution in [0.5, 0.6) is 0 Å². The van der Waals surface area contributed by atoms with E-state index >= 15 is 0 Å². The molecule has 0 aromatic carbocycles. The predicted octanol–water partition coefficient (Wildman–Crippen LogP) is 1.94. The molecule has 4 bridgehead atoms. The maximum atomic E-state index is 12.2. The van der Waals surface area contributed by atoms with Gasteiger partial charge < -0.3 is 5.11 Å². The summed E-state index contributed by atoms with van der Waals surface area (Å²) in [4.78, 5) is 10.6. The number of hydrogen-bond acceptors (Lipinski definition) is 3. The molecule has 0 atom stereocenters. The minimum absolute atomic E-state index is 0.166. The van der Waals surface area contributed by atoms with Crippen molar-refractivity contribution in [3.63, 3.8) is 0 Å². The van der Waals surface area contributed by atoms with Crippen LogP contribution in [-0.4, -0.2) is 43.1 Å². The molecule has 0 saturated heterocycles. The minimum atomic E-state index is -3.45. The van der Waals surface area contributed by atoms with Crippen molar-refractivity contribution in [3.05, 3.63) is 0 Å². The Morgan fingerprint density at radius 3 is 2.05 bits per heavy atom. The van der Waals surface area contributed by atoms with E-state index in [-0.39, 0.29) is 17.6 Å². The van der Waals surface area contributed by atoms with Gasteiger partial charge in [0.05, 0.1) is 12.2 Å². The monoisotopic (exact) mass is 315 g/mol. The molecule has 120 valence electrons. The third-order valence-corrected chi connectivity index (χ3v) is 7.57. The van der Waals surface area contributed by atoms with Gasteiger partial charge in [-0.05, 0) is 61.7 Å². The molecule has 0 heterocycles. The summed E-state index contributed by atoms with van der Waals surface area (Å²) in [6, 6.07) is 0. The maximum absolute atomic E-state index is 12.2. The number of sulfonamides is 1. The Morgan fingerprint density at radius 1 is 1.14 bits per heavy atom. The number of nitrogens with zero attached hydrogens (tertiary/aromatic N) is 1. The molecule has 4 rings (SSSR count). The normalized spacial score (nSPS) is 38.1. The molecule has 0 radical (unpaired) electrons. The highest BCUT2D eigenvalue weighted by molar-refractivity contribution is 7.89. The SMILES string of the molecule is CN(CC12CC3CC(CC(C3)C1)C2)S(=O)(=O)CCC(=O)O. The standard InChI is InChI=1S/C15H25NO4S/c1-16(21(19,20)3-2-14(17)18)10-15-7-11-4-12(8-15)6-13(5-11)9-15/h11-13H,2-10H2,1H3,(H,17,18). The zero-order valence-corrected chi connectivity index (χ0v) is 13.4. The van der Waals surface area contributed by atoms with E-state index in [1.807, 2.05) is 0 Å². The fraction of sp³-hybridized carbons (Fsp3) is 0.933. The van der Waals surface area contributed by atoms with Crippen molar-refractivity contribution >= 4 is 16.0 Å². The molecule has 0 unspecified atom stereocenters. The van der Waals surface area contributed by atoms with Crippen LogP contribution in [0.25, 0.3) is 0 Å². The maximum Gasteiger partial charge on any atom is 0.304 e. The van der Waals surface area contributed by atoms with Gasteiger partial charge in [-0.3, -0.25) is 4.79 Å². The lowest BCUT2D eigenvalue weighted by molar-refractivity contribution is -0.136. The largest absolute Gasteiger partial charge is 0.481 e. The van der Waals surface area contributed by atoms with E-state index in [1.54, 1.807) is 7.05 Å². The highest BCUT2D eigenvalue weighted by Gasteiger charge is 2.51. The van der Waals surface area contributed by atoms with Crippen LogP contribution in [0.3, 0.4) is 0 Å². The van der Waals surface area contributed by atoms with Crippen LogP contribution in [0.15, 0.2) is 0 Å². The van der Waals surface area contributed by atoms with E-state index in [9.17, 15) is 13.2 Å². The summed E-state index contributed by atoms with van der Waals surface area (Å²) in [5.41, 5.74) is 0.166.